The molecule has 6 nitrogen and oxygen atoms in total. The molecule has 2 N–H and O–H groups in total. The SMILES string of the molecule is CC1CCC2(CC1)OC[C@@H](CNC(=O)[C@H]1CCCc3[nH]ncc31)O2. The third-order valence-electron chi connectivity index (χ3n) is 5.82. The van der Waals surface area contributed by atoms with Gasteiger partial charge in [-0.05, 0) is 38.0 Å². The van der Waals surface area contributed by atoms with Crippen molar-refractivity contribution in [3.05, 3.63) is 17.5 Å². The van der Waals surface area contributed by atoms with E-state index in [1.165, 1.54) is 0 Å². The Labute approximate surface area is 142 Å². The quantitative estimate of drug-likeness (QED) is 0.890. The molecular weight excluding hydrogens is 306 g/mol. The van der Waals surface area contributed by atoms with E-state index in [0.717, 1.165) is 62.1 Å². The highest BCUT2D eigenvalue weighted by Gasteiger charge is 2.43. The average molecular weight is 333 g/mol. The first kappa shape index (κ1) is 16.1. The molecule has 4 rings (SSSR count). The summed E-state index contributed by atoms with van der Waals surface area (Å²) in [6, 6.07) is 0. The second kappa shape index (κ2) is 6.48. The summed E-state index contributed by atoms with van der Waals surface area (Å²) in [5.41, 5.74) is 2.16. The zero-order valence-electron chi connectivity index (χ0n) is 14.3. The van der Waals surface area contributed by atoms with Crippen LogP contribution in [0.4, 0.5) is 0 Å². The summed E-state index contributed by atoms with van der Waals surface area (Å²) in [4.78, 5) is 12.6. The fourth-order valence-corrected chi connectivity index (χ4v) is 4.25. The molecule has 1 aliphatic heterocycles. The van der Waals surface area contributed by atoms with Gasteiger partial charge in [0.1, 0.15) is 6.10 Å². The van der Waals surface area contributed by atoms with Gasteiger partial charge in [-0.1, -0.05) is 6.92 Å². The van der Waals surface area contributed by atoms with Crippen LogP contribution in [-0.2, 0) is 20.7 Å². The molecule has 1 aromatic rings. The van der Waals surface area contributed by atoms with Gasteiger partial charge in [-0.3, -0.25) is 9.89 Å². The number of H-pyrrole nitrogens is 1. The summed E-state index contributed by atoms with van der Waals surface area (Å²) in [5, 5.41) is 10.2. The highest BCUT2D eigenvalue weighted by atomic mass is 16.7. The fraction of sp³-hybridized carbons (Fsp3) is 0.778. The number of ether oxygens (including phenoxy) is 2. The van der Waals surface area contributed by atoms with E-state index in [1.807, 2.05) is 0 Å². The summed E-state index contributed by atoms with van der Waals surface area (Å²) in [7, 11) is 0. The first-order valence-corrected chi connectivity index (χ1v) is 9.27. The van der Waals surface area contributed by atoms with Crippen LogP contribution in [-0.4, -0.2) is 41.1 Å². The number of aromatic nitrogens is 2. The number of nitrogens with one attached hydrogen (secondary N) is 2. The van der Waals surface area contributed by atoms with Crippen LogP contribution in [0.15, 0.2) is 6.20 Å². The minimum absolute atomic E-state index is 0.0326. The van der Waals surface area contributed by atoms with Gasteiger partial charge in [0, 0.05) is 30.6 Å². The Kier molecular flexibility index (Phi) is 4.35. The Morgan fingerprint density at radius 1 is 1.42 bits per heavy atom. The smallest absolute Gasteiger partial charge is 0.227 e. The minimum Gasteiger partial charge on any atom is -0.353 e. The van der Waals surface area contributed by atoms with Crippen molar-refractivity contribution in [2.75, 3.05) is 13.2 Å². The minimum atomic E-state index is -0.384. The Morgan fingerprint density at radius 3 is 3.08 bits per heavy atom. The van der Waals surface area contributed by atoms with Gasteiger partial charge in [0.2, 0.25) is 5.91 Å². The zero-order valence-corrected chi connectivity index (χ0v) is 14.3. The molecule has 132 valence electrons. The lowest BCUT2D eigenvalue weighted by Gasteiger charge is -2.34. The van der Waals surface area contributed by atoms with Gasteiger partial charge in [-0.2, -0.15) is 5.10 Å². The summed E-state index contributed by atoms with van der Waals surface area (Å²) in [6.07, 6.45) is 8.93. The molecule has 0 radical (unpaired) electrons. The average Bonchev–Trinajstić information content (AvgIpc) is 3.23. The van der Waals surface area contributed by atoms with Crippen LogP contribution in [0.3, 0.4) is 0 Å². The predicted octanol–water partition coefficient (Wildman–Crippen LogP) is 2.27. The Bertz CT molecular complexity index is 592. The third-order valence-corrected chi connectivity index (χ3v) is 5.82. The van der Waals surface area contributed by atoms with Crippen molar-refractivity contribution in [2.45, 2.75) is 69.7 Å². The number of carbonyl (C=O) groups excluding carboxylic acids is 1. The van der Waals surface area contributed by atoms with Crippen molar-refractivity contribution >= 4 is 5.91 Å². The fourth-order valence-electron chi connectivity index (χ4n) is 4.25. The summed E-state index contributed by atoms with van der Waals surface area (Å²) < 4.78 is 12.2. The number of rotatable bonds is 3. The maximum Gasteiger partial charge on any atom is 0.227 e. The van der Waals surface area contributed by atoms with E-state index in [1.54, 1.807) is 6.20 Å². The highest BCUT2D eigenvalue weighted by Crippen LogP contribution is 2.39. The number of nitrogens with zero attached hydrogens (tertiary/aromatic N) is 1. The van der Waals surface area contributed by atoms with Crippen molar-refractivity contribution < 1.29 is 14.3 Å². The lowest BCUT2D eigenvalue weighted by Crippen LogP contribution is -2.39. The van der Waals surface area contributed by atoms with Gasteiger partial charge in [-0.25, -0.2) is 0 Å². The number of hydrogen-bond acceptors (Lipinski definition) is 4. The van der Waals surface area contributed by atoms with Crippen molar-refractivity contribution in [1.82, 2.24) is 15.5 Å². The molecule has 2 atom stereocenters. The molecule has 24 heavy (non-hydrogen) atoms. The van der Waals surface area contributed by atoms with Crippen LogP contribution in [0.2, 0.25) is 0 Å². The lowest BCUT2D eigenvalue weighted by molar-refractivity contribution is -0.191. The van der Waals surface area contributed by atoms with Gasteiger partial charge in [0.25, 0.3) is 0 Å². The van der Waals surface area contributed by atoms with E-state index in [-0.39, 0.29) is 23.7 Å². The van der Waals surface area contributed by atoms with E-state index in [9.17, 15) is 4.79 Å². The van der Waals surface area contributed by atoms with Gasteiger partial charge in [0.05, 0.1) is 18.7 Å². The van der Waals surface area contributed by atoms with E-state index in [2.05, 4.69) is 22.4 Å². The molecule has 1 spiro atoms. The number of aromatic amines is 1. The summed E-state index contributed by atoms with van der Waals surface area (Å²) >= 11 is 0. The second-order valence-corrected chi connectivity index (χ2v) is 7.64. The first-order valence-electron chi connectivity index (χ1n) is 9.27. The topological polar surface area (TPSA) is 76.2 Å². The highest BCUT2D eigenvalue weighted by molar-refractivity contribution is 5.84. The summed E-state index contributed by atoms with van der Waals surface area (Å²) in [6.45, 7) is 3.39. The zero-order chi connectivity index (χ0) is 16.6. The molecule has 2 aliphatic carbocycles. The summed E-state index contributed by atoms with van der Waals surface area (Å²) in [5.74, 6) is 0.375. The molecule has 1 aromatic heterocycles. The van der Waals surface area contributed by atoms with E-state index in [4.69, 9.17) is 9.47 Å². The number of hydrogen-bond donors (Lipinski definition) is 2. The van der Waals surface area contributed by atoms with Crippen LogP contribution in [0.25, 0.3) is 0 Å². The van der Waals surface area contributed by atoms with E-state index < -0.39 is 0 Å². The molecule has 0 aromatic carbocycles. The number of carbonyl (C=O) groups is 1. The number of amides is 1. The molecule has 2 heterocycles. The second-order valence-electron chi connectivity index (χ2n) is 7.64. The van der Waals surface area contributed by atoms with Crippen LogP contribution >= 0.6 is 0 Å². The molecule has 6 heteroatoms. The normalized spacial score (nSPS) is 35.8. The standard InChI is InChI=1S/C18H27N3O3/c1-12-5-7-18(8-6-12)23-11-13(24-18)9-19-17(22)14-3-2-4-16-15(14)10-20-21-16/h10,12-14H,2-9,11H2,1H3,(H,19,22)(H,20,21)/t12?,13-,14+,18?/m1/s1. The van der Waals surface area contributed by atoms with Gasteiger partial charge >= 0.3 is 0 Å². The molecule has 1 amide bonds. The van der Waals surface area contributed by atoms with Crippen molar-refractivity contribution in [1.29, 1.82) is 0 Å². The van der Waals surface area contributed by atoms with Crippen LogP contribution in [0.5, 0.6) is 0 Å². The van der Waals surface area contributed by atoms with Crippen LogP contribution in [0.1, 0.15) is 62.6 Å². The molecule has 0 unspecified atom stereocenters. The Morgan fingerprint density at radius 2 is 2.25 bits per heavy atom. The predicted molar refractivity (Wildman–Crippen MR) is 88.5 cm³/mol. The molecule has 1 saturated heterocycles. The largest absolute Gasteiger partial charge is 0.353 e. The van der Waals surface area contributed by atoms with Crippen LogP contribution in [0, 0.1) is 5.92 Å². The van der Waals surface area contributed by atoms with Crippen molar-refractivity contribution in [3.63, 3.8) is 0 Å². The van der Waals surface area contributed by atoms with E-state index in [0.29, 0.717) is 13.2 Å². The molecule has 3 aliphatic rings. The lowest BCUT2D eigenvalue weighted by atomic mass is 9.86. The molecule has 1 saturated carbocycles. The maximum absolute atomic E-state index is 12.6. The Balaban J connectivity index is 1.30. The molecule has 0 bridgehead atoms. The number of aryl methyl sites for hydroxylation is 1. The van der Waals surface area contributed by atoms with Gasteiger partial charge in [0.15, 0.2) is 5.79 Å². The van der Waals surface area contributed by atoms with Gasteiger partial charge < -0.3 is 14.8 Å². The Hall–Kier alpha value is -1.40. The van der Waals surface area contributed by atoms with E-state index >= 15 is 0 Å². The van der Waals surface area contributed by atoms with Gasteiger partial charge in [-0.15, -0.1) is 0 Å². The van der Waals surface area contributed by atoms with Crippen molar-refractivity contribution in [3.8, 4) is 0 Å². The number of fused-ring (bicyclic) bond motifs is 1. The third kappa shape index (κ3) is 3.09. The first-order chi connectivity index (χ1) is 11.7. The molecular formula is C18H27N3O3. The molecule has 2 fully saturated rings. The van der Waals surface area contributed by atoms with Crippen molar-refractivity contribution in [2.24, 2.45) is 5.92 Å². The maximum atomic E-state index is 12.6. The van der Waals surface area contributed by atoms with Crippen LogP contribution < -0.4 is 5.32 Å². The monoisotopic (exact) mass is 333 g/mol.